The summed E-state index contributed by atoms with van der Waals surface area (Å²) < 4.78 is 4.80. The third kappa shape index (κ3) is 4.13. The SMILES string of the molecule is C=CC(=O)OCC(N)C(C)(C)C. The molecule has 0 bridgehead atoms. The van der Waals surface area contributed by atoms with Crippen LogP contribution in [0.4, 0.5) is 0 Å². The lowest BCUT2D eigenvalue weighted by Crippen LogP contribution is -2.39. The normalized spacial score (nSPS) is 13.7. The van der Waals surface area contributed by atoms with Crippen LogP contribution in [0, 0.1) is 5.41 Å². The molecule has 0 aromatic carbocycles. The van der Waals surface area contributed by atoms with Crippen LogP contribution in [0.5, 0.6) is 0 Å². The zero-order valence-corrected chi connectivity index (χ0v) is 7.96. The molecule has 12 heavy (non-hydrogen) atoms. The summed E-state index contributed by atoms with van der Waals surface area (Å²) in [5.41, 5.74) is 5.70. The number of nitrogens with two attached hydrogens (primary N) is 1. The summed E-state index contributed by atoms with van der Waals surface area (Å²) in [7, 11) is 0. The van der Waals surface area contributed by atoms with Crippen molar-refractivity contribution >= 4 is 5.97 Å². The van der Waals surface area contributed by atoms with E-state index in [0.29, 0.717) is 0 Å². The Bertz CT molecular complexity index is 170. The molecule has 0 saturated heterocycles. The van der Waals surface area contributed by atoms with Gasteiger partial charge in [0.05, 0.1) is 0 Å². The first-order valence-electron chi connectivity index (χ1n) is 3.92. The lowest BCUT2D eigenvalue weighted by Gasteiger charge is -2.26. The van der Waals surface area contributed by atoms with E-state index >= 15 is 0 Å². The second kappa shape index (κ2) is 4.26. The molecule has 1 atom stereocenters. The first-order chi connectivity index (χ1) is 5.38. The van der Waals surface area contributed by atoms with Crippen LogP contribution in [-0.2, 0) is 9.53 Å². The molecule has 70 valence electrons. The third-order valence-electron chi connectivity index (χ3n) is 1.68. The molecule has 0 aromatic rings. The first-order valence-corrected chi connectivity index (χ1v) is 3.92. The summed E-state index contributed by atoms with van der Waals surface area (Å²) in [6, 6.07) is -0.138. The van der Waals surface area contributed by atoms with E-state index in [1.165, 1.54) is 0 Å². The Morgan fingerprint density at radius 3 is 2.50 bits per heavy atom. The van der Waals surface area contributed by atoms with E-state index in [-0.39, 0.29) is 18.1 Å². The van der Waals surface area contributed by atoms with Crippen molar-refractivity contribution in [2.75, 3.05) is 6.61 Å². The number of hydrogen-bond acceptors (Lipinski definition) is 3. The molecule has 0 amide bonds. The minimum atomic E-state index is -0.422. The van der Waals surface area contributed by atoms with Gasteiger partial charge in [0.2, 0.25) is 0 Å². The van der Waals surface area contributed by atoms with Gasteiger partial charge in [-0.05, 0) is 5.41 Å². The fourth-order valence-corrected chi connectivity index (χ4v) is 0.481. The Kier molecular flexibility index (Phi) is 3.96. The fraction of sp³-hybridized carbons (Fsp3) is 0.667. The van der Waals surface area contributed by atoms with Crippen LogP contribution >= 0.6 is 0 Å². The molecule has 0 rings (SSSR count). The zero-order chi connectivity index (χ0) is 9.78. The van der Waals surface area contributed by atoms with Crippen molar-refractivity contribution < 1.29 is 9.53 Å². The van der Waals surface area contributed by atoms with E-state index < -0.39 is 5.97 Å². The molecular weight excluding hydrogens is 154 g/mol. The minimum absolute atomic E-state index is 0.0402. The number of rotatable bonds is 3. The van der Waals surface area contributed by atoms with E-state index in [1.54, 1.807) is 0 Å². The quantitative estimate of drug-likeness (QED) is 0.511. The van der Waals surface area contributed by atoms with Crippen LogP contribution in [-0.4, -0.2) is 18.6 Å². The van der Waals surface area contributed by atoms with Crippen LogP contribution in [0.2, 0.25) is 0 Å². The Morgan fingerprint density at radius 1 is 1.67 bits per heavy atom. The maximum atomic E-state index is 10.6. The van der Waals surface area contributed by atoms with Crippen LogP contribution in [0.15, 0.2) is 12.7 Å². The van der Waals surface area contributed by atoms with E-state index in [0.717, 1.165) is 6.08 Å². The Labute approximate surface area is 73.6 Å². The summed E-state index contributed by atoms with van der Waals surface area (Å²) in [4.78, 5) is 10.6. The second-order valence-corrected chi connectivity index (χ2v) is 3.81. The van der Waals surface area contributed by atoms with E-state index in [1.807, 2.05) is 20.8 Å². The second-order valence-electron chi connectivity index (χ2n) is 3.81. The maximum absolute atomic E-state index is 10.6. The molecule has 0 heterocycles. The Morgan fingerprint density at radius 2 is 2.17 bits per heavy atom. The summed E-state index contributed by atoms with van der Waals surface area (Å²) in [5, 5.41) is 0. The largest absolute Gasteiger partial charge is 0.461 e. The third-order valence-corrected chi connectivity index (χ3v) is 1.68. The van der Waals surface area contributed by atoms with Gasteiger partial charge in [-0.3, -0.25) is 0 Å². The molecular formula is C9H17NO2. The molecule has 3 heteroatoms. The molecule has 3 nitrogen and oxygen atoms in total. The van der Waals surface area contributed by atoms with Crippen molar-refractivity contribution in [1.82, 2.24) is 0 Å². The van der Waals surface area contributed by atoms with Crippen molar-refractivity contribution in [3.8, 4) is 0 Å². The number of carbonyl (C=O) groups excluding carboxylic acids is 1. The van der Waals surface area contributed by atoms with Gasteiger partial charge >= 0.3 is 5.97 Å². The van der Waals surface area contributed by atoms with Gasteiger partial charge in [0.15, 0.2) is 0 Å². The lowest BCUT2D eigenvalue weighted by atomic mass is 9.88. The Hall–Kier alpha value is -0.830. The van der Waals surface area contributed by atoms with Gasteiger partial charge in [0.1, 0.15) is 6.61 Å². The highest BCUT2D eigenvalue weighted by Gasteiger charge is 2.21. The molecule has 0 aromatic heterocycles. The molecule has 2 N–H and O–H groups in total. The van der Waals surface area contributed by atoms with E-state index in [4.69, 9.17) is 10.5 Å². The van der Waals surface area contributed by atoms with Gasteiger partial charge in [0.25, 0.3) is 0 Å². The summed E-state index contributed by atoms with van der Waals surface area (Å²) in [6.45, 7) is 9.53. The van der Waals surface area contributed by atoms with Crippen LogP contribution in [0.25, 0.3) is 0 Å². The highest BCUT2D eigenvalue weighted by molar-refractivity contribution is 5.81. The van der Waals surface area contributed by atoms with Gasteiger partial charge in [-0.1, -0.05) is 27.4 Å². The minimum Gasteiger partial charge on any atom is -0.461 e. The standard InChI is InChI=1S/C9H17NO2/c1-5-8(11)12-6-7(10)9(2,3)4/h5,7H,1,6,10H2,2-4H3. The van der Waals surface area contributed by atoms with Crippen molar-refractivity contribution in [2.45, 2.75) is 26.8 Å². The van der Waals surface area contributed by atoms with Gasteiger partial charge in [-0.15, -0.1) is 0 Å². The van der Waals surface area contributed by atoms with Crippen molar-refractivity contribution in [3.63, 3.8) is 0 Å². The van der Waals surface area contributed by atoms with Crippen LogP contribution < -0.4 is 5.73 Å². The molecule has 0 aliphatic carbocycles. The highest BCUT2D eigenvalue weighted by Crippen LogP contribution is 2.17. The van der Waals surface area contributed by atoms with Gasteiger partial charge in [-0.25, -0.2) is 4.79 Å². The predicted octanol–water partition coefficient (Wildman–Crippen LogP) is 1.09. The molecule has 0 aliphatic rings. The smallest absolute Gasteiger partial charge is 0.330 e. The number of hydrogen-bond donors (Lipinski definition) is 1. The molecule has 0 spiro atoms. The summed E-state index contributed by atoms with van der Waals surface area (Å²) in [6.07, 6.45) is 1.13. The highest BCUT2D eigenvalue weighted by atomic mass is 16.5. The van der Waals surface area contributed by atoms with Gasteiger partial charge in [-0.2, -0.15) is 0 Å². The van der Waals surface area contributed by atoms with Crippen LogP contribution in [0.3, 0.4) is 0 Å². The zero-order valence-electron chi connectivity index (χ0n) is 7.96. The maximum Gasteiger partial charge on any atom is 0.330 e. The van der Waals surface area contributed by atoms with Crippen molar-refractivity contribution in [1.29, 1.82) is 0 Å². The molecule has 0 saturated carbocycles. The monoisotopic (exact) mass is 171 g/mol. The lowest BCUT2D eigenvalue weighted by molar-refractivity contribution is -0.138. The van der Waals surface area contributed by atoms with Gasteiger partial charge < -0.3 is 10.5 Å². The predicted molar refractivity (Wildman–Crippen MR) is 48.6 cm³/mol. The molecule has 0 aliphatic heterocycles. The van der Waals surface area contributed by atoms with Crippen molar-refractivity contribution in [3.05, 3.63) is 12.7 Å². The Balaban J connectivity index is 3.79. The average molecular weight is 171 g/mol. The van der Waals surface area contributed by atoms with Gasteiger partial charge in [0, 0.05) is 12.1 Å². The number of carbonyl (C=O) groups is 1. The average Bonchev–Trinajstić information content (AvgIpc) is 1.97. The number of esters is 1. The van der Waals surface area contributed by atoms with E-state index in [2.05, 4.69) is 6.58 Å². The number of ether oxygens (including phenoxy) is 1. The summed E-state index contributed by atoms with van der Waals surface area (Å²) in [5.74, 6) is -0.422. The van der Waals surface area contributed by atoms with Crippen LogP contribution in [0.1, 0.15) is 20.8 Å². The summed E-state index contributed by atoms with van der Waals surface area (Å²) >= 11 is 0. The van der Waals surface area contributed by atoms with Crippen molar-refractivity contribution in [2.24, 2.45) is 11.1 Å². The molecule has 1 unspecified atom stereocenters. The fourth-order valence-electron chi connectivity index (χ4n) is 0.481. The molecule has 0 fully saturated rings. The molecule has 0 radical (unpaired) electrons. The topological polar surface area (TPSA) is 52.3 Å². The van der Waals surface area contributed by atoms with E-state index in [9.17, 15) is 4.79 Å². The first kappa shape index (κ1) is 11.2.